The highest BCUT2D eigenvalue weighted by molar-refractivity contribution is 5.69. The van der Waals surface area contributed by atoms with Crippen LogP contribution in [0.2, 0.25) is 0 Å². The third kappa shape index (κ3) is 23.8. The molecule has 0 radical (unpaired) electrons. The second kappa shape index (κ2) is 26.4. The van der Waals surface area contributed by atoms with E-state index in [9.17, 15) is 9.59 Å². The molecule has 0 amide bonds. The lowest BCUT2D eigenvalue weighted by molar-refractivity contribution is -0.144. The molecule has 0 aromatic carbocycles. The standard InChI is InChI=1S/C28H55NO3/c1-3-5-7-12-19-27(20-13-8-6-4-2)21-18-26-32-28(31)22-14-11-16-24-29-23-15-9-10-17-25-30/h25,27,29H,3-24,26H2,1-2H3. The van der Waals surface area contributed by atoms with E-state index in [-0.39, 0.29) is 5.97 Å². The summed E-state index contributed by atoms with van der Waals surface area (Å²) in [7, 11) is 0. The first kappa shape index (κ1) is 31.1. The summed E-state index contributed by atoms with van der Waals surface area (Å²) in [6.07, 6.45) is 24.4. The lowest BCUT2D eigenvalue weighted by Crippen LogP contribution is -2.16. The molecule has 0 aromatic heterocycles. The molecule has 0 unspecified atom stereocenters. The van der Waals surface area contributed by atoms with Crippen molar-refractivity contribution < 1.29 is 14.3 Å². The van der Waals surface area contributed by atoms with E-state index >= 15 is 0 Å². The highest BCUT2D eigenvalue weighted by atomic mass is 16.5. The van der Waals surface area contributed by atoms with E-state index in [0.717, 1.165) is 70.2 Å². The Labute approximate surface area is 200 Å². The lowest BCUT2D eigenvalue weighted by atomic mass is 9.91. The SMILES string of the molecule is CCCCCCC(CCCCCC)CCCOC(=O)CCCCCNCCCCCC=O. The Bertz CT molecular complexity index is 388. The van der Waals surface area contributed by atoms with Crippen molar-refractivity contribution in [2.45, 2.75) is 142 Å². The Morgan fingerprint density at radius 2 is 1.28 bits per heavy atom. The molecule has 0 rings (SSSR count). The van der Waals surface area contributed by atoms with Crippen LogP contribution in [-0.4, -0.2) is 32.0 Å². The van der Waals surface area contributed by atoms with E-state index in [1.807, 2.05) is 0 Å². The molecule has 0 fully saturated rings. The van der Waals surface area contributed by atoms with E-state index in [4.69, 9.17) is 4.74 Å². The zero-order valence-corrected chi connectivity index (χ0v) is 21.6. The van der Waals surface area contributed by atoms with Gasteiger partial charge >= 0.3 is 5.97 Å². The van der Waals surface area contributed by atoms with Crippen LogP contribution in [0.5, 0.6) is 0 Å². The Morgan fingerprint density at radius 3 is 1.88 bits per heavy atom. The summed E-state index contributed by atoms with van der Waals surface area (Å²) in [5, 5.41) is 3.44. The van der Waals surface area contributed by atoms with Crippen LogP contribution in [0, 0.1) is 5.92 Å². The summed E-state index contributed by atoms with van der Waals surface area (Å²) in [5.41, 5.74) is 0. The van der Waals surface area contributed by atoms with Gasteiger partial charge in [0.05, 0.1) is 6.61 Å². The molecule has 0 aromatic rings. The van der Waals surface area contributed by atoms with Crippen LogP contribution in [0.1, 0.15) is 142 Å². The quantitative estimate of drug-likeness (QED) is 0.0825. The first-order chi connectivity index (χ1) is 15.7. The first-order valence-electron chi connectivity index (χ1n) is 14.0. The predicted molar refractivity (Wildman–Crippen MR) is 137 cm³/mol. The average Bonchev–Trinajstić information content (AvgIpc) is 2.80. The maximum Gasteiger partial charge on any atom is 0.305 e. The number of carbonyl (C=O) groups is 2. The summed E-state index contributed by atoms with van der Waals surface area (Å²) in [4.78, 5) is 22.2. The van der Waals surface area contributed by atoms with Gasteiger partial charge < -0.3 is 14.8 Å². The molecule has 0 spiro atoms. The van der Waals surface area contributed by atoms with Gasteiger partial charge in [-0.25, -0.2) is 0 Å². The van der Waals surface area contributed by atoms with Crippen molar-refractivity contribution in [3.8, 4) is 0 Å². The van der Waals surface area contributed by atoms with Gasteiger partial charge in [-0.1, -0.05) is 90.9 Å². The van der Waals surface area contributed by atoms with Crippen LogP contribution in [0.25, 0.3) is 0 Å². The maximum atomic E-state index is 12.0. The number of hydrogen-bond acceptors (Lipinski definition) is 4. The van der Waals surface area contributed by atoms with Crippen LogP contribution < -0.4 is 5.32 Å². The van der Waals surface area contributed by atoms with Gasteiger partial charge in [-0.15, -0.1) is 0 Å². The highest BCUT2D eigenvalue weighted by Crippen LogP contribution is 2.23. The summed E-state index contributed by atoms with van der Waals surface area (Å²) in [6.45, 7) is 7.19. The molecule has 190 valence electrons. The summed E-state index contributed by atoms with van der Waals surface area (Å²) >= 11 is 0. The van der Waals surface area contributed by atoms with Gasteiger partial charge in [-0.05, 0) is 57.5 Å². The first-order valence-corrected chi connectivity index (χ1v) is 14.0. The van der Waals surface area contributed by atoms with Crippen molar-refractivity contribution in [2.24, 2.45) is 5.92 Å². The fourth-order valence-corrected chi connectivity index (χ4v) is 4.26. The minimum Gasteiger partial charge on any atom is -0.466 e. The normalized spacial score (nSPS) is 11.2. The number of carbonyl (C=O) groups excluding carboxylic acids is 2. The maximum absolute atomic E-state index is 12.0. The van der Waals surface area contributed by atoms with Gasteiger partial charge in [0.2, 0.25) is 0 Å². The van der Waals surface area contributed by atoms with E-state index in [1.165, 1.54) is 70.6 Å². The Kier molecular flexibility index (Phi) is 25.6. The largest absolute Gasteiger partial charge is 0.466 e. The van der Waals surface area contributed by atoms with Crippen molar-refractivity contribution in [1.29, 1.82) is 0 Å². The molecule has 0 saturated carbocycles. The van der Waals surface area contributed by atoms with Crippen molar-refractivity contribution in [3.63, 3.8) is 0 Å². The zero-order chi connectivity index (χ0) is 23.5. The molecule has 0 aliphatic heterocycles. The van der Waals surface area contributed by atoms with Gasteiger partial charge in [-0.2, -0.15) is 0 Å². The molecular formula is C28H55NO3. The lowest BCUT2D eigenvalue weighted by Gasteiger charge is -2.17. The molecule has 4 nitrogen and oxygen atoms in total. The molecule has 1 N–H and O–H groups in total. The van der Waals surface area contributed by atoms with Crippen LogP contribution in [-0.2, 0) is 14.3 Å². The Balaban J connectivity index is 3.64. The number of hydrogen-bond donors (Lipinski definition) is 1. The van der Waals surface area contributed by atoms with E-state index < -0.39 is 0 Å². The van der Waals surface area contributed by atoms with Crippen LogP contribution in [0.15, 0.2) is 0 Å². The molecular weight excluding hydrogens is 398 g/mol. The topological polar surface area (TPSA) is 55.4 Å². The number of esters is 1. The van der Waals surface area contributed by atoms with Gasteiger partial charge in [0.1, 0.15) is 6.29 Å². The Hall–Kier alpha value is -0.900. The van der Waals surface area contributed by atoms with Crippen molar-refractivity contribution >= 4 is 12.3 Å². The molecule has 0 aliphatic rings. The van der Waals surface area contributed by atoms with Gasteiger partial charge in [0.25, 0.3) is 0 Å². The number of aldehydes is 1. The third-order valence-electron chi connectivity index (χ3n) is 6.36. The fourth-order valence-electron chi connectivity index (χ4n) is 4.26. The second-order valence-corrected chi connectivity index (χ2v) is 9.50. The van der Waals surface area contributed by atoms with E-state index in [0.29, 0.717) is 19.4 Å². The van der Waals surface area contributed by atoms with E-state index in [2.05, 4.69) is 19.2 Å². The van der Waals surface area contributed by atoms with Gasteiger partial charge in [0.15, 0.2) is 0 Å². The smallest absolute Gasteiger partial charge is 0.305 e. The van der Waals surface area contributed by atoms with Gasteiger partial charge in [0, 0.05) is 12.8 Å². The predicted octanol–water partition coefficient (Wildman–Crippen LogP) is 7.78. The Morgan fingerprint density at radius 1 is 0.719 bits per heavy atom. The van der Waals surface area contributed by atoms with E-state index in [1.54, 1.807) is 0 Å². The average molecular weight is 454 g/mol. The van der Waals surface area contributed by atoms with Crippen LogP contribution in [0.4, 0.5) is 0 Å². The molecule has 0 saturated heterocycles. The van der Waals surface area contributed by atoms with Gasteiger partial charge in [-0.3, -0.25) is 4.79 Å². The number of nitrogens with one attached hydrogen (secondary N) is 1. The fraction of sp³-hybridized carbons (Fsp3) is 0.929. The highest BCUT2D eigenvalue weighted by Gasteiger charge is 2.10. The molecule has 0 aliphatic carbocycles. The number of ether oxygens (including phenoxy) is 1. The zero-order valence-electron chi connectivity index (χ0n) is 21.6. The van der Waals surface area contributed by atoms with Crippen LogP contribution in [0.3, 0.4) is 0 Å². The minimum absolute atomic E-state index is 0.0180. The molecule has 32 heavy (non-hydrogen) atoms. The number of rotatable bonds is 26. The molecule has 0 bridgehead atoms. The summed E-state index contributed by atoms with van der Waals surface area (Å²) in [5.74, 6) is 0.801. The number of unbranched alkanes of at least 4 members (excludes halogenated alkanes) is 11. The van der Waals surface area contributed by atoms with Crippen LogP contribution >= 0.6 is 0 Å². The van der Waals surface area contributed by atoms with Crippen molar-refractivity contribution in [1.82, 2.24) is 5.32 Å². The summed E-state index contributed by atoms with van der Waals surface area (Å²) < 4.78 is 5.49. The molecule has 0 heterocycles. The molecule has 4 heteroatoms. The van der Waals surface area contributed by atoms with Crippen molar-refractivity contribution in [3.05, 3.63) is 0 Å². The monoisotopic (exact) mass is 453 g/mol. The molecule has 0 atom stereocenters. The minimum atomic E-state index is -0.0180. The van der Waals surface area contributed by atoms with Crippen molar-refractivity contribution in [2.75, 3.05) is 19.7 Å². The third-order valence-corrected chi connectivity index (χ3v) is 6.36. The second-order valence-electron chi connectivity index (χ2n) is 9.50. The summed E-state index contributed by atoms with van der Waals surface area (Å²) in [6, 6.07) is 0.